The molecule has 0 saturated heterocycles. The Labute approximate surface area is 170 Å². The third kappa shape index (κ3) is 6.03. The summed E-state index contributed by atoms with van der Waals surface area (Å²) in [6.07, 6.45) is 5.82. The molecule has 29 heavy (non-hydrogen) atoms. The number of unbranched alkanes of at least 4 members (excludes halogenated alkanes) is 4. The highest BCUT2D eigenvalue weighted by molar-refractivity contribution is 4.97. The monoisotopic (exact) mass is 432 g/mol. The highest BCUT2D eigenvalue weighted by Gasteiger charge is 2.74. The summed E-state index contributed by atoms with van der Waals surface area (Å²) in [5.41, 5.74) is 0. The molecule has 0 spiro atoms. The maximum atomic E-state index is 13.9. The molecule has 2 rings (SSSR count). The molecule has 0 unspecified atom stereocenters. The summed E-state index contributed by atoms with van der Waals surface area (Å²) in [7, 11) is 0. The molecule has 0 aromatic heterocycles. The zero-order valence-electron chi connectivity index (χ0n) is 17.4. The molecule has 2 saturated carbocycles. The molecule has 0 aromatic rings. The molecule has 0 heterocycles. The molecular formula is C22H35F7. The van der Waals surface area contributed by atoms with Gasteiger partial charge in [-0.05, 0) is 56.3 Å². The molecule has 2 aliphatic rings. The summed E-state index contributed by atoms with van der Waals surface area (Å²) in [6, 6.07) is 0. The van der Waals surface area contributed by atoms with Crippen molar-refractivity contribution < 1.29 is 30.7 Å². The SMILES string of the molecule is CCCCCCC[C@H]1CC[C@H](C2CCC(C(F)(F)C(F)(F)C(F)(F)F)CC2)CC1. The van der Waals surface area contributed by atoms with Gasteiger partial charge < -0.3 is 0 Å². The van der Waals surface area contributed by atoms with Gasteiger partial charge in [0.2, 0.25) is 0 Å². The number of alkyl halides is 7. The van der Waals surface area contributed by atoms with Crippen molar-refractivity contribution in [1.29, 1.82) is 0 Å². The Balaban J connectivity index is 1.75. The Morgan fingerprint density at radius 3 is 1.59 bits per heavy atom. The number of rotatable bonds is 9. The second-order valence-corrected chi connectivity index (χ2v) is 9.29. The van der Waals surface area contributed by atoms with Crippen molar-refractivity contribution in [3.05, 3.63) is 0 Å². The van der Waals surface area contributed by atoms with Crippen molar-refractivity contribution in [3.63, 3.8) is 0 Å². The van der Waals surface area contributed by atoms with Crippen molar-refractivity contribution in [2.24, 2.45) is 23.7 Å². The van der Waals surface area contributed by atoms with Crippen LogP contribution >= 0.6 is 0 Å². The van der Waals surface area contributed by atoms with Gasteiger partial charge in [-0.3, -0.25) is 0 Å². The topological polar surface area (TPSA) is 0 Å². The van der Waals surface area contributed by atoms with Crippen LogP contribution in [-0.4, -0.2) is 18.0 Å². The van der Waals surface area contributed by atoms with Gasteiger partial charge in [0.25, 0.3) is 0 Å². The minimum absolute atomic E-state index is 0.187. The van der Waals surface area contributed by atoms with E-state index in [9.17, 15) is 30.7 Å². The van der Waals surface area contributed by atoms with E-state index >= 15 is 0 Å². The molecular weight excluding hydrogens is 397 g/mol. The van der Waals surface area contributed by atoms with Crippen LogP contribution in [0.3, 0.4) is 0 Å². The summed E-state index contributed by atoms with van der Waals surface area (Å²) in [4.78, 5) is 0. The van der Waals surface area contributed by atoms with E-state index in [-0.39, 0.29) is 18.8 Å². The second kappa shape index (κ2) is 10.2. The molecule has 0 atom stereocenters. The van der Waals surface area contributed by atoms with Crippen molar-refractivity contribution in [1.82, 2.24) is 0 Å². The van der Waals surface area contributed by atoms with Crippen molar-refractivity contribution in [2.45, 2.75) is 115 Å². The molecule has 0 radical (unpaired) electrons. The van der Waals surface area contributed by atoms with Crippen LogP contribution in [0.15, 0.2) is 0 Å². The third-order valence-corrected chi connectivity index (χ3v) is 7.33. The maximum absolute atomic E-state index is 13.9. The Hall–Kier alpha value is -0.490. The minimum atomic E-state index is -6.22. The summed E-state index contributed by atoms with van der Waals surface area (Å²) in [5, 5.41) is 0. The lowest BCUT2D eigenvalue weighted by Crippen LogP contribution is -2.56. The lowest BCUT2D eigenvalue weighted by molar-refractivity contribution is -0.367. The highest BCUT2D eigenvalue weighted by atomic mass is 19.4. The van der Waals surface area contributed by atoms with Crippen molar-refractivity contribution >= 4 is 0 Å². The zero-order valence-corrected chi connectivity index (χ0v) is 17.4. The molecule has 0 bridgehead atoms. The predicted molar refractivity (Wildman–Crippen MR) is 100 cm³/mol. The van der Waals surface area contributed by atoms with Gasteiger partial charge >= 0.3 is 18.0 Å². The second-order valence-electron chi connectivity index (χ2n) is 9.29. The first-order valence-electron chi connectivity index (χ1n) is 11.3. The molecule has 0 amide bonds. The van der Waals surface area contributed by atoms with Crippen LogP contribution in [0.5, 0.6) is 0 Å². The third-order valence-electron chi connectivity index (χ3n) is 7.33. The normalized spacial score (nSPS) is 29.8. The Morgan fingerprint density at radius 2 is 1.10 bits per heavy atom. The average Bonchev–Trinajstić information content (AvgIpc) is 2.67. The van der Waals surface area contributed by atoms with Gasteiger partial charge in [0.15, 0.2) is 0 Å². The maximum Gasteiger partial charge on any atom is 0.459 e. The van der Waals surface area contributed by atoms with Crippen LogP contribution in [0.4, 0.5) is 30.7 Å². The zero-order chi connectivity index (χ0) is 21.7. The highest BCUT2D eigenvalue weighted by Crippen LogP contribution is 2.54. The summed E-state index contributed by atoms with van der Waals surface area (Å²) in [6.45, 7) is 2.19. The van der Waals surface area contributed by atoms with E-state index in [0.29, 0.717) is 18.8 Å². The van der Waals surface area contributed by atoms with Crippen molar-refractivity contribution in [2.75, 3.05) is 0 Å². The smallest absolute Gasteiger partial charge is 0.199 e. The van der Waals surface area contributed by atoms with Crippen LogP contribution in [0.1, 0.15) is 96.8 Å². The fourth-order valence-electron chi connectivity index (χ4n) is 5.38. The van der Waals surface area contributed by atoms with E-state index in [0.717, 1.165) is 31.6 Å². The molecule has 7 heteroatoms. The van der Waals surface area contributed by atoms with E-state index < -0.39 is 23.9 Å². The summed E-state index contributed by atoms with van der Waals surface area (Å²) >= 11 is 0. The van der Waals surface area contributed by atoms with Crippen molar-refractivity contribution in [3.8, 4) is 0 Å². The standard InChI is InChI=1S/C22H35F7/c1-2-3-4-5-6-7-16-8-10-17(11-9-16)18-12-14-19(15-13-18)20(23,24)21(25,26)22(27,28)29/h16-19H,2-15H2,1H3/t16-,17-,18?,19?. The Morgan fingerprint density at radius 1 is 0.621 bits per heavy atom. The number of halogens is 7. The Bertz CT molecular complexity index is 470. The van der Waals surface area contributed by atoms with E-state index in [2.05, 4.69) is 6.92 Å². The summed E-state index contributed by atoms with van der Waals surface area (Å²) < 4.78 is 91.6. The number of hydrogen-bond donors (Lipinski definition) is 0. The van der Waals surface area contributed by atoms with E-state index in [1.54, 1.807) is 0 Å². The van der Waals surface area contributed by atoms with Gasteiger partial charge in [0.1, 0.15) is 0 Å². The molecule has 2 fully saturated rings. The number of hydrogen-bond acceptors (Lipinski definition) is 0. The van der Waals surface area contributed by atoms with E-state index in [1.807, 2.05) is 0 Å². The van der Waals surface area contributed by atoms with Crippen LogP contribution in [0.25, 0.3) is 0 Å². The van der Waals surface area contributed by atoms with E-state index in [1.165, 1.54) is 38.5 Å². The first-order valence-corrected chi connectivity index (χ1v) is 11.3. The molecule has 0 aliphatic heterocycles. The van der Waals surface area contributed by atoms with Gasteiger partial charge in [-0.15, -0.1) is 0 Å². The van der Waals surface area contributed by atoms with Crippen LogP contribution in [0, 0.1) is 23.7 Å². The van der Waals surface area contributed by atoms with Crippen LogP contribution in [-0.2, 0) is 0 Å². The molecule has 2 aliphatic carbocycles. The lowest BCUT2D eigenvalue weighted by atomic mass is 9.67. The van der Waals surface area contributed by atoms with Gasteiger partial charge in [-0.1, -0.05) is 58.3 Å². The summed E-state index contributed by atoms with van der Waals surface area (Å²) in [5.74, 6) is -11.6. The van der Waals surface area contributed by atoms with Gasteiger partial charge in [0, 0.05) is 5.92 Å². The lowest BCUT2D eigenvalue weighted by Gasteiger charge is -2.41. The van der Waals surface area contributed by atoms with Crippen LogP contribution < -0.4 is 0 Å². The van der Waals surface area contributed by atoms with Gasteiger partial charge in [-0.25, -0.2) is 0 Å². The van der Waals surface area contributed by atoms with Gasteiger partial charge in [0.05, 0.1) is 0 Å². The molecule has 0 nitrogen and oxygen atoms in total. The fraction of sp³-hybridized carbons (Fsp3) is 1.00. The fourth-order valence-corrected chi connectivity index (χ4v) is 5.38. The minimum Gasteiger partial charge on any atom is -0.199 e. The largest absolute Gasteiger partial charge is 0.459 e. The van der Waals surface area contributed by atoms with Crippen LogP contribution in [0.2, 0.25) is 0 Å². The van der Waals surface area contributed by atoms with Gasteiger partial charge in [-0.2, -0.15) is 30.7 Å². The average molecular weight is 433 g/mol. The molecule has 0 aromatic carbocycles. The molecule has 0 N–H and O–H groups in total. The quantitative estimate of drug-likeness (QED) is 0.252. The molecule has 172 valence electrons. The Kier molecular flexibility index (Phi) is 8.73. The van der Waals surface area contributed by atoms with E-state index in [4.69, 9.17) is 0 Å². The first kappa shape index (κ1) is 24.8. The first-order chi connectivity index (χ1) is 13.5. The predicted octanol–water partition coefficient (Wildman–Crippen LogP) is 8.79.